The van der Waals surface area contributed by atoms with Gasteiger partial charge in [0.2, 0.25) is 5.88 Å². The number of hydrogen-bond donors (Lipinski definition) is 2. The van der Waals surface area contributed by atoms with Crippen LogP contribution in [0.25, 0.3) is 0 Å². The summed E-state index contributed by atoms with van der Waals surface area (Å²) in [6, 6.07) is 9.87. The van der Waals surface area contributed by atoms with Gasteiger partial charge in [0.05, 0.1) is 17.5 Å². The lowest BCUT2D eigenvalue weighted by molar-refractivity contribution is 0.230. The van der Waals surface area contributed by atoms with Crippen LogP contribution in [0.15, 0.2) is 36.5 Å². The number of ether oxygens (including phenoxy) is 1. The van der Waals surface area contributed by atoms with E-state index in [9.17, 15) is 0 Å². The highest BCUT2D eigenvalue weighted by Gasteiger charge is 2.07. The van der Waals surface area contributed by atoms with Gasteiger partial charge in [0.15, 0.2) is 0 Å². The van der Waals surface area contributed by atoms with Crippen molar-refractivity contribution in [3.63, 3.8) is 0 Å². The fourth-order valence-electron chi connectivity index (χ4n) is 1.91. The molecule has 1 heterocycles. The van der Waals surface area contributed by atoms with Crippen LogP contribution < -0.4 is 15.8 Å². The van der Waals surface area contributed by atoms with E-state index in [1.807, 2.05) is 51.1 Å². The average Bonchev–Trinajstić information content (AvgIpc) is 2.41. The third kappa shape index (κ3) is 3.41. The summed E-state index contributed by atoms with van der Waals surface area (Å²) in [6.07, 6.45) is 1.84. The zero-order valence-electron chi connectivity index (χ0n) is 12.2. The third-order valence-corrected chi connectivity index (χ3v) is 2.99. The summed E-state index contributed by atoms with van der Waals surface area (Å²) in [5.74, 6) is 0.668. The third-order valence-electron chi connectivity index (χ3n) is 2.99. The largest absolute Gasteiger partial charge is 0.475 e. The number of para-hydroxylation sites is 1. The molecule has 0 aliphatic rings. The zero-order chi connectivity index (χ0) is 14.5. The van der Waals surface area contributed by atoms with Crippen molar-refractivity contribution in [3.05, 3.63) is 47.7 Å². The van der Waals surface area contributed by atoms with E-state index in [0.717, 1.165) is 22.5 Å². The van der Waals surface area contributed by atoms with Crippen LogP contribution in [0.2, 0.25) is 0 Å². The van der Waals surface area contributed by atoms with Crippen molar-refractivity contribution in [1.82, 2.24) is 4.98 Å². The molecule has 0 bridgehead atoms. The Labute approximate surface area is 120 Å². The number of nitrogens with one attached hydrogen (secondary N) is 1. The summed E-state index contributed by atoms with van der Waals surface area (Å²) in [6.45, 7) is 6.61. The smallest absolute Gasteiger partial charge is 0.218 e. The molecule has 0 saturated heterocycles. The minimum atomic E-state index is 0.104. The fraction of sp³-hybridized carbons (Fsp3) is 0.312. The van der Waals surface area contributed by atoms with E-state index in [1.165, 1.54) is 0 Å². The number of anilines is 2. The maximum absolute atomic E-state index is 6.06. The maximum Gasteiger partial charge on any atom is 0.218 e. The molecular weight excluding hydrogens is 250 g/mol. The molecule has 0 aliphatic heterocycles. The summed E-state index contributed by atoms with van der Waals surface area (Å²) >= 11 is 0. The molecule has 2 rings (SSSR count). The Morgan fingerprint density at radius 3 is 2.80 bits per heavy atom. The molecule has 4 heteroatoms. The van der Waals surface area contributed by atoms with Crippen LogP contribution in [0.5, 0.6) is 5.88 Å². The van der Waals surface area contributed by atoms with E-state index in [1.54, 1.807) is 6.20 Å². The van der Waals surface area contributed by atoms with Gasteiger partial charge in [-0.25, -0.2) is 4.98 Å². The zero-order valence-corrected chi connectivity index (χ0v) is 12.2. The molecule has 0 saturated carbocycles. The van der Waals surface area contributed by atoms with Crippen molar-refractivity contribution in [1.29, 1.82) is 0 Å². The standard InChI is InChI=1S/C16H21N3O/c1-11(2)20-16-13(7-5-9-18-16)10-19-14-8-4-6-12(3)15(14)17/h4-9,11,19H,10,17H2,1-3H3. The highest BCUT2D eigenvalue weighted by Crippen LogP contribution is 2.24. The Morgan fingerprint density at radius 2 is 2.05 bits per heavy atom. The van der Waals surface area contributed by atoms with E-state index in [4.69, 9.17) is 10.5 Å². The molecule has 1 aromatic heterocycles. The Hall–Kier alpha value is -2.23. The van der Waals surface area contributed by atoms with Crippen LogP contribution in [-0.2, 0) is 6.54 Å². The lowest BCUT2D eigenvalue weighted by Gasteiger charge is -2.15. The number of pyridine rings is 1. The number of aryl methyl sites for hydroxylation is 1. The van der Waals surface area contributed by atoms with E-state index in [2.05, 4.69) is 10.3 Å². The van der Waals surface area contributed by atoms with Crippen LogP contribution in [0.1, 0.15) is 25.0 Å². The molecular formula is C16H21N3O. The first kappa shape index (κ1) is 14.2. The molecule has 3 N–H and O–H groups in total. The monoisotopic (exact) mass is 271 g/mol. The Bertz CT molecular complexity index is 582. The second-order valence-electron chi connectivity index (χ2n) is 5.02. The van der Waals surface area contributed by atoms with Crippen LogP contribution in [-0.4, -0.2) is 11.1 Å². The predicted octanol–water partition coefficient (Wildman–Crippen LogP) is 3.37. The minimum absolute atomic E-state index is 0.104. The number of hydrogen-bond acceptors (Lipinski definition) is 4. The summed E-state index contributed by atoms with van der Waals surface area (Å²) in [4.78, 5) is 4.28. The molecule has 0 fully saturated rings. The second-order valence-corrected chi connectivity index (χ2v) is 5.02. The summed E-state index contributed by atoms with van der Waals surface area (Å²) < 4.78 is 5.71. The van der Waals surface area contributed by atoms with Crippen molar-refractivity contribution < 1.29 is 4.74 Å². The van der Waals surface area contributed by atoms with Crippen molar-refractivity contribution in [2.75, 3.05) is 11.1 Å². The first-order valence-electron chi connectivity index (χ1n) is 6.77. The molecule has 0 atom stereocenters. The van der Waals surface area contributed by atoms with E-state index >= 15 is 0 Å². The molecule has 0 unspecified atom stereocenters. The quantitative estimate of drug-likeness (QED) is 0.818. The van der Waals surface area contributed by atoms with Gasteiger partial charge < -0.3 is 15.8 Å². The van der Waals surface area contributed by atoms with Gasteiger partial charge in [-0.15, -0.1) is 0 Å². The fourth-order valence-corrected chi connectivity index (χ4v) is 1.91. The summed E-state index contributed by atoms with van der Waals surface area (Å²) in [5, 5.41) is 3.34. The normalized spacial score (nSPS) is 10.6. The molecule has 0 aliphatic carbocycles. The average molecular weight is 271 g/mol. The number of nitrogens with zero attached hydrogens (tertiary/aromatic N) is 1. The highest BCUT2D eigenvalue weighted by atomic mass is 16.5. The number of benzene rings is 1. The Morgan fingerprint density at radius 1 is 1.25 bits per heavy atom. The molecule has 0 radical (unpaired) electrons. The number of rotatable bonds is 5. The van der Waals surface area contributed by atoms with Gasteiger partial charge in [0.1, 0.15) is 0 Å². The highest BCUT2D eigenvalue weighted by molar-refractivity contribution is 5.69. The first-order valence-corrected chi connectivity index (χ1v) is 6.77. The van der Waals surface area contributed by atoms with Crippen LogP contribution in [0, 0.1) is 6.92 Å². The van der Waals surface area contributed by atoms with Crippen molar-refractivity contribution >= 4 is 11.4 Å². The maximum atomic E-state index is 6.06. The van der Waals surface area contributed by atoms with Crippen molar-refractivity contribution in [2.24, 2.45) is 0 Å². The topological polar surface area (TPSA) is 60.2 Å². The van der Waals surface area contributed by atoms with Gasteiger partial charge in [-0.3, -0.25) is 0 Å². The molecule has 2 aromatic rings. The van der Waals surface area contributed by atoms with Gasteiger partial charge in [-0.05, 0) is 38.5 Å². The Balaban J connectivity index is 2.13. The van der Waals surface area contributed by atoms with Gasteiger partial charge in [-0.1, -0.05) is 18.2 Å². The van der Waals surface area contributed by atoms with Gasteiger partial charge >= 0.3 is 0 Å². The van der Waals surface area contributed by atoms with Crippen molar-refractivity contribution in [2.45, 2.75) is 33.4 Å². The first-order chi connectivity index (χ1) is 9.58. The number of nitrogen functional groups attached to an aromatic ring is 1. The van der Waals surface area contributed by atoms with Crippen LogP contribution >= 0.6 is 0 Å². The second kappa shape index (κ2) is 6.28. The van der Waals surface area contributed by atoms with Crippen molar-refractivity contribution in [3.8, 4) is 5.88 Å². The Kier molecular flexibility index (Phi) is 4.45. The van der Waals surface area contributed by atoms with E-state index in [0.29, 0.717) is 12.4 Å². The van der Waals surface area contributed by atoms with Gasteiger partial charge in [-0.2, -0.15) is 0 Å². The van der Waals surface area contributed by atoms with E-state index in [-0.39, 0.29) is 6.10 Å². The predicted molar refractivity (Wildman–Crippen MR) is 82.9 cm³/mol. The number of nitrogens with two attached hydrogens (primary N) is 1. The molecule has 106 valence electrons. The number of aromatic nitrogens is 1. The lowest BCUT2D eigenvalue weighted by Crippen LogP contribution is -2.11. The molecule has 20 heavy (non-hydrogen) atoms. The molecule has 0 amide bonds. The van der Waals surface area contributed by atoms with Gasteiger partial charge in [0.25, 0.3) is 0 Å². The van der Waals surface area contributed by atoms with Gasteiger partial charge in [0, 0.05) is 18.3 Å². The molecule has 4 nitrogen and oxygen atoms in total. The lowest BCUT2D eigenvalue weighted by atomic mass is 10.1. The van der Waals surface area contributed by atoms with Crippen LogP contribution in [0.3, 0.4) is 0 Å². The van der Waals surface area contributed by atoms with E-state index < -0.39 is 0 Å². The summed E-state index contributed by atoms with van der Waals surface area (Å²) in [7, 11) is 0. The summed E-state index contributed by atoms with van der Waals surface area (Å²) in [5.41, 5.74) is 9.86. The molecule has 1 aromatic carbocycles. The SMILES string of the molecule is Cc1cccc(NCc2cccnc2OC(C)C)c1N. The molecule has 0 spiro atoms. The minimum Gasteiger partial charge on any atom is -0.475 e. The van der Waals surface area contributed by atoms with Crippen LogP contribution in [0.4, 0.5) is 11.4 Å².